The van der Waals surface area contributed by atoms with Crippen LogP contribution in [0.4, 0.5) is 0 Å². The maximum Gasteiger partial charge on any atom is 0.0625 e. The third-order valence-corrected chi connectivity index (χ3v) is 3.21. The molecule has 0 unspecified atom stereocenters. The smallest absolute Gasteiger partial charge is 0.0625 e. The van der Waals surface area contributed by atoms with Gasteiger partial charge < -0.3 is 5.32 Å². The number of aromatic nitrogens is 3. The first-order valence-electron chi connectivity index (χ1n) is 5.56. The van der Waals surface area contributed by atoms with E-state index in [4.69, 9.17) is 0 Å². The summed E-state index contributed by atoms with van der Waals surface area (Å²) >= 11 is 1.81. The standard InChI is InChI=1S/C12H16N4S/c1-16-10-12(9-15-16)17-7-6-13-8-11-4-2-3-5-14-11/h2-5,9-10,13H,6-8H2,1H3. The second-order valence-electron chi connectivity index (χ2n) is 3.70. The van der Waals surface area contributed by atoms with Crippen LogP contribution in [0.3, 0.4) is 0 Å². The minimum Gasteiger partial charge on any atom is -0.310 e. The van der Waals surface area contributed by atoms with E-state index in [-0.39, 0.29) is 0 Å². The van der Waals surface area contributed by atoms with Gasteiger partial charge in [-0.1, -0.05) is 6.07 Å². The van der Waals surface area contributed by atoms with E-state index in [1.165, 1.54) is 4.90 Å². The molecule has 0 aliphatic heterocycles. The molecule has 0 aliphatic rings. The summed E-state index contributed by atoms with van der Waals surface area (Å²) in [6.45, 7) is 1.80. The Kier molecular flexibility index (Phi) is 4.58. The first-order chi connectivity index (χ1) is 8.34. The van der Waals surface area contributed by atoms with Gasteiger partial charge in [0.15, 0.2) is 0 Å². The van der Waals surface area contributed by atoms with Gasteiger partial charge in [0, 0.05) is 43.2 Å². The number of thioether (sulfide) groups is 1. The number of hydrogen-bond donors (Lipinski definition) is 1. The van der Waals surface area contributed by atoms with Crippen LogP contribution < -0.4 is 5.32 Å². The molecule has 2 heterocycles. The zero-order chi connectivity index (χ0) is 11.9. The van der Waals surface area contributed by atoms with Gasteiger partial charge in [-0.15, -0.1) is 11.8 Å². The highest BCUT2D eigenvalue weighted by molar-refractivity contribution is 7.99. The second kappa shape index (κ2) is 6.42. The molecule has 0 radical (unpaired) electrons. The van der Waals surface area contributed by atoms with Crippen LogP contribution in [0.25, 0.3) is 0 Å². The van der Waals surface area contributed by atoms with Crippen molar-refractivity contribution in [2.24, 2.45) is 7.05 Å². The monoisotopic (exact) mass is 248 g/mol. The summed E-state index contributed by atoms with van der Waals surface area (Å²) in [6, 6.07) is 5.97. The molecule has 0 saturated heterocycles. The fourth-order valence-electron chi connectivity index (χ4n) is 1.43. The van der Waals surface area contributed by atoms with Crippen LogP contribution in [0.5, 0.6) is 0 Å². The molecule has 5 heteroatoms. The number of pyridine rings is 1. The van der Waals surface area contributed by atoms with Crippen molar-refractivity contribution in [3.05, 3.63) is 42.5 Å². The largest absolute Gasteiger partial charge is 0.310 e. The van der Waals surface area contributed by atoms with Crippen LogP contribution in [-0.4, -0.2) is 27.1 Å². The summed E-state index contributed by atoms with van der Waals surface area (Å²) in [5, 5.41) is 7.50. The molecular formula is C12H16N4S. The highest BCUT2D eigenvalue weighted by Crippen LogP contribution is 2.14. The lowest BCUT2D eigenvalue weighted by atomic mass is 10.3. The first kappa shape index (κ1) is 12.1. The quantitative estimate of drug-likeness (QED) is 0.624. The Morgan fingerprint density at radius 1 is 1.41 bits per heavy atom. The van der Waals surface area contributed by atoms with Gasteiger partial charge in [-0.3, -0.25) is 9.67 Å². The molecule has 0 fully saturated rings. The van der Waals surface area contributed by atoms with Gasteiger partial charge in [0.05, 0.1) is 11.9 Å². The Morgan fingerprint density at radius 3 is 3.06 bits per heavy atom. The number of rotatable bonds is 6. The van der Waals surface area contributed by atoms with Crippen molar-refractivity contribution in [3.63, 3.8) is 0 Å². The summed E-state index contributed by atoms with van der Waals surface area (Å²) in [4.78, 5) is 5.47. The van der Waals surface area contributed by atoms with Gasteiger partial charge in [0.25, 0.3) is 0 Å². The summed E-state index contributed by atoms with van der Waals surface area (Å²) in [7, 11) is 1.93. The number of aryl methyl sites for hydroxylation is 1. The third kappa shape index (κ3) is 4.20. The van der Waals surface area contributed by atoms with E-state index in [0.717, 1.165) is 24.5 Å². The van der Waals surface area contributed by atoms with Crippen molar-refractivity contribution in [2.45, 2.75) is 11.4 Å². The maximum absolute atomic E-state index is 4.26. The predicted molar refractivity (Wildman–Crippen MR) is 69.9 cm³/mol. The molecule has 0 amide bonds. The molecule has 17 heavy (non-hydrogen) atoms. The van der Waals surface area contributed by atoms with Crippen molar-refractivity contribution >= 4 is 11.8 Å². The van der Waals surface area contributed by atoms with Gasteiger partial charge in [-0.05, 0) is 12.1 Å². The minimum absolute atomic E-state index is 0.828. The Balaban J connectivity index is 1.61. The Labute approximate surface area is 105 Å². The summed E-state index contributed by atoms with van der Waals surface area (Å²) in [5.41, 5.74) is 1.08. The predicted octanol–water partition coefficient (Wildman–Crippen LogP) is 1.70. The van der Waals surface area contributed by atoms with E-state index >= 15 is 0 Å². The lowest BCUT2D eigenvalue weighted by molar-refractivity contribution is 0.715. The van der Waals surface area contributed by atoms with Crippen molar-refractivity contribution in [1.82, 2.24) is 20.1 Å². The fraction of sp³-hybridized carbons (Fsp3) is 0.333. The lowest BCUT2D eigenvalue weighted by Crippen LogP contribution is -2.17. The van der Waals surface area contributed by atoms with Gasteiger partial charge in [-0.2, -0.15) is 5.10 Å². The Morgan fingerprint density at radius 2 is 2.35 bits per heavy atom. The third-order valence-electron chi connectivity index (χ3n) is 2.26. The van der Waals surface area contributed by atoms with Crippen LogP contribution in [-0.2, 0) is 13.6 Å². The van der Waals surface area contributed by atoms with Crippen molar-refractivity contribution in [2.75, 3.05) is 12.3 Å². The molecule has 2 aromatic rings. The molecule has 4 nitrogen and oxygen atoms in total. The van der Waals surface area contributed by atoms with Crippen LogP contribution in [0.1, 0.15) is 5.69 Å². The summed E-state index contributed by atoms with van der Waals surface area (Å²) in [6.07, 6.45) is 5.74. The minimum atomic E-state index is 0.828. The van der Waals surface area contributed by atoms with Crippen LogP contribution in [0.15, 0.2) is 41.7 Å². The van der Waals surface area contributed by atoms with Gasteiger partial charge >= 0.3 is 0 Å². The zero-order valence-corrected chi connectivity index (χ0v) is 10.7. The normalized spacial score (nSPS) is 10.6. The average molecular weight is 248 g/mol. The SMILES string of the molecule is Cn1cc(SCCNCc2ccccn2)cn1. The lowest BCUT2D eigenvalue weighted by Gasteiger charge is -2.02. The fourth-order valence-corrected chi connectivity index (χ4v) is 2.26. The van der Waals surface area contributed by atoms with E-state index in [9.17, 15) is 0 Å². The maximum atomic E-state index is 4.26. The summed E-state index contributed by atoms with van der Waals surface area (Å²) < 4.78 is 1.82. The number of hydrogen-bond acceptors (Lipinski definition) is 4. The van der Waals surface area contributed by atoms with Crippen LogP contribution in [0.2, 0.25) is 0 Å². The first-order valence-corrected chi connectivity index (χ1v) is 6.55. The molecule has 0 atom stereocenters. The molecule has 0 bridgehead atoms. The molecule has 0 aromatic carbocycles. The van der Waals surface area contributed by atoms with Crippen LogP contribution >= 0.6 is 11.8 Å². The molecule has 0 saturated carbocycles. The second-order valence-corrected chi connectivity index (χ2v) is 4.86. The molecule has 0 aliphatic carbocycles. The van der Waals surface area contributed by atoms with Crippen molar-refractivity contribution < 1.29 is 0 Å². The molecule has 1 N–H and O–H groups in total. The zero-order valence-electron chi connectivity index (χ0n) is 9.84. The molecule has 2 rings (SSSR count). The van der Waals surface area contributed by atoms with Gasteiger partial charge in [0.1, 0.15) is 0 Å². The van der Waals surface area contributed by atoms with Crippen molar-refractivity contribution in [3.8, 4) is 0 Å². The molecular weight excluding hydrogens is 232 g/mol. The summed E-state index contributed by atoms with van der Waals surface area (Å²) in [5.74, 6) is 1.04. The molecule has 0 spiro atoms. The number of nitrogens with zero attached hydrogens (tertiary/aromatic N) is 3. The van der Waals surface area contributed by atoms with E-state index in [0.29, 0.717) is 0 Å². The Hall–Kier alpha value is -1.33. The number of nitrogens with one attached hydrogen (secondary N) is 1. The Bertz CT molecular complexity index is 441. The van der Waals surface area contributed by atoms with Gasteiger partial charge in [0.2, 0.25) is 0 Å². The molecule has 2 aromatic heterocycles. The van der Waals surface area contributed by atoms with Gasteiger partial charge in [-0.25, -0.2) is 0 Å². The van der Waals surface area contributed by atoms with E-state index < -0.39 is 0 Å². The van der Waals surface area contributed by atoms with Crippen LogP contribution in [0, 0.1) is 0 Å². The topological polar surface area (TPSA) is 42.7 Å². The van der Waals surface area contributed by atoms with E-state index in [2.05, 4.69) is 15.4 Å². The average Bonchev–Trinajstić information content (AvgIpc) is 2.76. The van der Waals surface area contributed by atoms with E-state index in [1.807, 2.05) is 60.3 Å². The van der Waals surface area contributed by atoms with E-state index in [1.54, 1.807) is 0 Å². The molecule has 90 valence electrons. The highest BCUT2D eigenvalue weighted by Gasteiger charge is 1.97. The highest BCUT2D eigenvalue weighted by atomic mass is 32.2. The van der Waals surface area contributed by atoms with Crippen molar-refractivity contribution in [1.29, 1.82) is 0 Å².